The van der Waals surface area contributed by atoms with Gasteiger partial charge in [0.1, 0.15) is 6.04 Å². The molecule has 3 N–H and O–H groups in total. The van der Waals surface area contributed by atoms with Crippen LogP contribution in [0.2, 0.25) is 0 Å². The third kappa shape index (κ3) is 2.17. The molecule has 0 spiro atoms. The van der Waals surface area contributed by atoms with E-state index in [1.807, 2.05) is 42.5 Å². The number of fused-ring (bicyclic) bond motifs is 1. The summed E-state index contributed by atoms with van der Waals surface area (Å²) in [7, 11) is 0. The third-order valence-corrected chi connectivity index (χ3v) is 3.28. The molecule has 0 aliphatic rings. The minimum atomic E-state index is -0.740. The van der Waals surface area contributed by atoms with Gasteiger partial charge < -0.3 is 15.4 Å². The topological polar surface area (TPSA) is 85.2 Å². The molecule has 20 heavy (non-hydrogen) atoms. The first kappa shape index (κ1) is 12.8. The predicted molar refractivity (Wildman–Crippen MR) is 75.8 cm³/mol. The van der Waals surface area contributed by atoms with Crippen molar-refractivity contribution in [2.75, 3.05) is 0 Å². The molecule has 102 valence electrons. The maximum absolute atomic E-state index is 9.47. The van der Waals surface area contributed by atoms with Crippen molar-refractivity contribution in [1.29, 1.82) is 0 Å². The monoisotopic (exact) mass is 269 g/mol. The zero-order valence-corrected chi connectivity index (χ0v) is 11.0. The smallest absolute Gasteiger partial charge is 0.246 e. The quantitative estimate of drug-likeness (QED) is 0.761. The second-order valence-electron chi connectivity index (χ2n) is 4.75. The zero-order chi connectivity index (χ0) is 14.1. The fourth-order valence-corrected chi connectivity index (χ4v) is 2.11. The maximum atomic E-state index is 9.47. The van der Waals surface area contributed by atoms with Crippen LogP contribution in [0, 0.1) is 0 Å². The normalized spacial score (nSPS) is 14.3. The van der Waals surface area contributed by atoms with E-state index in [4.69, 9.17) is 10.3 Å². The van der Waals surface area contributed by atoms with Crippen molar-refractivity contribution in [3.8, 4) is 11.4 Å². The van der Waals surface area contributed by atoms with Gasteiger partial charge in [0.25, 0.3) is 0 Å². The first-order chi connectivity index (χ1) is 9.66. The second kappa shape index (κ2) is 5.03. The number of benzene rings is 2. The Labute approximate surface area is 116 Å². The zero-order valence-electron chi connectivity index (χ0n) is 11.0. The van der Waals surface area contributed by atoms with Crippen LogP contribution in [0.4, 0.5) is 0 Å². The molecule has 0 saturated heterocycles. The lowest BCUT2D eigenvalue weighted by Gasteiger charge is -2.08. The van der Waals surface area contributed by atoms with Crippen molar-refractivity contribution in [1.82, 2.24) is 10.1 Å². The summed E-state index contributed by atoms with van der Waals surface area (Å²) >= 11 is 0. The number of rotatable bonds is 3. The SMILES string of the molecule is CC(O)C(N)c1nc(-c2cccc3ccccc23)no1. The Morgan fingerprint density at radius 3 is 2.70 bits per heavy atom. The molecule has 2 unspecified atom stereocenters. The van der Waals surface area contributed by atoms with Gasteiger partial charge in [-0.25, -0.2) is 0 Å². The van der Waals surface area contributed by atoms with Gasteiger partial charge in [-0.3, -0.25) is 0 Å². The molecule has 5 heteroatoms. The Kier molecular flexibility index (Phi) is 3.22. The molecule has 0 aliphatic heterocycles. The second-order valence-corrected chi connectivity index (χ2v) is 4.75. The van der Waals surface area contributed by atoms with E-state index >= 15 is 0 Å². The van der Waals surface area contributed by atoms with Crippen molar-refractivity contribution >= 4 is 10.8 Å². The van der Waals surface area contributed by atoms with Crippen LogP contribution in [-0.4, -0.2) is 21.4 Å². The molecule has 0 fully saturated rings. The van der Waals surface area contributed by atoms with Gasteiger partial charge in [-0.1, -0.05) is 47.6 Å². The Hall–Kier alpha value is -2.24. The van der Waals surface area contributed by atoms with Gasteiger partial charge in [-0.05, 0) is 17.7 Å². The molecule has 0 aliphatic carbocycles. The lowest BCUT2D eigenvalue weighted by atomic mass is 10.0. The highest BCUT2D eigenvalue weighted by Crippen LogP contribution is 2.27. The molecule has 0 saturated carbocycles. The molecule has 0 amide bonds. The van der Waals surface area contributed by atoms with Crippen molar-refractivity contribution < 1.29 is 9.63 Å². The van der Waals surface area contributed by atoms with Crippen LogP contribution in [-0.2, 0) is 0 Å². The van der Waals surface area contributed by atoms with E-state index < -0.39 is 12.1 Å². The van der Waals surface area contributed by atoms with Crippen molar-refractivity contribution in [3.63, 3.8) is 0 Å². The van der Waals surface area contributed by atoms with Crippen molar-refractivity contribution in [2.24, 2.45) is 5.73 Å². The summed E-state index contributed by atoms with van der Waals surface area (Å²) < 4.78 is 5.14. The lowest BCUT2D eigenvalue weighted by Crippen LogP contribution is -2.23. The number of aliphatic hydroxyl groups excluding tert-OH is 1. The standard InChI is InChI=1S/C15H15N3O2/c1-9(19)13(16)15-17-14(18-20-15)12-8-4-6-10-5-2-3-7-11(10)12/h2-9,13,19H,16H2,1H3. The molecule has 1 heterocycles. The summed E-state index contributed by atoms with van der Waals surface area (Å²) in [5, 5.41) is 15.6. The van der Waals surface area contributed by atoms with E-state index in [0.29, 0.717) is 5.82 Å². The predicted octanol–water partition coefficient (Wildman–Crippen LogP) is 2.27. The molecule has 0 radical (unpaired) electrons. The van der Waals surface area contributed by atoms with Gasteiger partial charge in [-0.2, -0.15) is 4.98 Å². The number of nitrogens with zero attached hydrogens (tertiary/aromatic N) is 2. The van der Waals surface area contributed by atoms with Crippen LogP contribution in [0.25, 0.3) is 22.2 Å². The molecule has 3 rings (SSSR count). The Morgan fingerprint density at radius 2 is 1.90 bits per heavy atom. The number of hydrogen-bond donors (Lipinski definition) is 2. The van der Waals surface area contributed by atoms with Crippen LogP contribution >= 0.6 is 0 Å². The highest BCUT2D eigenvalue weighted by molar-refractivity contribution is 5.94. The Balaban J connectivity index is 2.08. The average molecular weight is 269 g/mol. The largest absolute Gasteiger partial charge is 0.391 e. The first-order valence-electron chi connectivity index (χ1n) is 6.42. The summed E-state index contributed by atoms with van der Waals surface area (Å²) in [6, 6.07) is 13.2. The summed E-state index contributed by atoms with van der Waals surface area (Å²) in [6.07, 6.45) is -0.740. The van der Waals surface area contributed by atoms with Crippen molar-refractivity contribution in [3.05, 3.63) is 48.4 Å². The van der Waals surface area contributed by atoms with Crippen molar-refractivity contribution in [2.45, 2.75) is 19.1 Å². The van der Waals surface area contributed by atoms with E-state index in [1.54, 1.807) is 6.92 Å². The molecular formula is C15H15N3O2. The molecule has 3 aromatic rings. The Bertz CT molecular complexity index is 731. The molecule has 0 bridgehead atoms. The van der Waals surface area contributed by atoms with E-state index in [0.717, 1.165) is 16.3 Å². The number of aliphatic hydroxyl groups is 1. The van der Waals surface area contributed by atoms with Gasteiger partial charge in [-0.15, -0.1) is 0 Å². The minimum Gasteiger partial charge on any atom is -0.391 e. The molecular weight excluding hydrogens is 254 g/mol. The van der Waals surface area contributed by atoms with Gasteiger partial charge in [0.2, 0.25) is 11.7 Å². The van der Waals surface area contributed by atoms with Crippen LogP contribution in [0.3, 0.4) is 0 Å². The summed E-state index contributed by atoms with van der Waals surface area (Å²) in [5.41, 5.74) is 6.68. The van der Waals surface area contributed by atoms with E-state index in [9.17, 15) is 5.11 Å². The number of aromatic nitrogens is 2. The van der Waals surface area contributed by atoms with E-state index in [-0.39, 0.29) is 5.89 Å². The molecule has 2 atom stereocenters. The highest BCUT2D eigenvalue weighted by Gasteiger charge is 2.20. The summed E-state index contributed by atoms with van der Waals surface area (Å²) in [5.74, 6) is 0.718. The van der Waals surface area contributed by atoms with Gasteiger partial charge in [0.05, 0.1) is 6.10 Å². The fraction of sp³-hybridized carbons (Fsp3) is 0.200. The van der Waals surface area contributed by atoms with Gasteiger partial charge in [0.15, 0.2) is 0 Å². The maximum Gasteiger partial charge on any atom is 0.246 e. The number of hydrogen-bond acceptors (Lipinski definition) is 5. The van der Waals surface area contributed by atoms with E-state index in [2.05, 4.69) is 10.1 Å². The molecule has 2 aromatic carbocycles. The summed E-state index contributed by atoms with van der Waals surface area (Å²) in [4.78, 5) is 4.29. The Morgan fingerprint density at radius 1 is 1.15 bits per heavy atom. The van der Waals surface area contributed by atoms with E-state index in [1.165, 1.54) is 0 Å². The summed E-state index contributed by atoms with van der Waals surface area (Å²) in [6.45, 7) is 1.59. The van der Waals surface area contributed by atoms with Crippen LogP contribution < -0.4 is 5.73 Å². The molecule has 5 nitrogen and oxygen atoms in total. The van der Waals surface area contributed by atoms with Crippen LogP contribution in [0.5, 0.6) is 0 Å². The first-order valence-corrected chi connectivity index (χ1v) is 6.42. The van der Waals surface area contributed by atoms with Crippen LogP contribution in [0.15, 0.2) is 47.0 Å². The van der Waals surface area contributed by atoms with Gasteiger partial charge in [0, 0.05) is 5.56 Å². The van der Waals surface area contributed by atoms with Gasteiger partial charge >= 0.3 is 0 Å². The fourth-order valence-electron chi connectivity index (χ4n) is 2.11. The average Bonchev–Trinajstić information content (AvgIpc) is 2.95. The minimum absolute atomic E-state index is 0.239. The van der Waals surface area contributed by atoms with Crippen LogP contribution in [0.1, 0.15) is 18.9 Å². The highest BCUT2D eigenvalue weighted by atomic mass is 16.5. The third-order valence-electron chi connectivity index (χ3n) is 3.28. The number of nitrogens with two attached hydrogens (primary N) is 1. The molecule has 1 aromatic heterocycles. The lowest BCUT2D eigenvalue weighted by molar-refractivity contribution is 0.146.